The molecule has 0 radical (unpaired) electrons. The molecule has 0 aliphatic heterocycles. The topological polar surface area (TPSA) is 52.0 Å². The van der Waals surface area contributed by atoms with Crippen molar-refractivity contribution < 1.29 is 8.42 Å². The van der Waals surface area contributed by atoms with Crippen molar-refractivity contribution in [1.82, 2.24) is 9.19 Å². The summed E-state index contributed by atoms with van der Waals surface area (Å²) in [5, 5.41) is 3.93. The van der Waals surface area contributed by atoms with Crippen molar-refractivity contribution >= 4 is 10.0 Å². The number of aryl methyl sites for hydroxylation is 1. The van der Waals surface area contributed by atoms with Gasteiger partial charge in [-0.1, -0.05) is 47.7 Å². The molecule has 3 aromatic rings. The molecule has 3 rings (SSSR count). The third kappa shape index (κ3) is 3.33. The summed E-state index contributed by atoms with van der Waals surface area (Å²) in [7, 11) is -3.68. The fraction of sp³-hybridized carbons (Fsp3) is 0.0556. The molecule has 0 N–H and O–H groups in total. The van der Waals surface area contributed by atoms with Crippen LogP contribution in [0.3, 0.4) is 0 Å². The highest BCUT2D eigenvalue weighted by Gasteiger charge is 2.17. The van der Waals surface area contributed by atoms with Crippen LogP contribution in [0.4, 0.5) is 0 Å². The molecule has 0 aliphatic rings. The Morgan fingerprint density at radius 2 is 1.57 bits per heavy atom. The Morgan fingerprint density at radius 3 is 2.26 bits per heavy atom. The van der Waals surface area contributed by atoms with Crippen molar-refractivity contribution in [2.45, 2.75) is 11.8 Å². The predicted octanol–water partition coefficient (Wildman–Crippen LogP) is 2.83. The third-order valence-corrected chi connectivity index (χ3v) is 4.81. The van der Waals surface area contributed by atoms with Crippen LogP contribution in [0.1, 0.15) is 16.7 Å². The van der Waals surface area contributed by atoms with E-state index in [0.717, 1.165) is 15.2 Å². The Morgan fingerprint density at radius 1 is 0.913 bits per heavy atom. The Hall–Kier alpha value is -2.84. The van der Waals surface area contributed by atoms with Crippen LogP contribution in [0.25, 0.3) is 0 Å². The van der Waals surface area contributed by atoms with E-state index in [1.807, 2.05) is 37.3 Å². The van der Waals surface area contributed by atoms with Gasteiger partial charge in [-0.25, -0.2) is 0 Å². The van der Waals surface area contributed by atoms with Gasteiger partial charge in [0.1, 0.15) is 0 Å². The molecule has 1 aromatic heterocycles. The Balaban J connectivity index is 1.90. The second kappa shape index (κ2) is 6.11. The first-order valence-electron chi connectivity index (χ1n) is 7.00. The highest BCUT2D eigenvalue weighted by molar-refractivity contribution is 7.89. The molecule has 2 aromatic carbocycles. The van der Waals surface area contributed by atoms with E-state index in [9.17, 15) is 8.42 Å². The van der Waals surface area contributed by atoms with Gasteiger partial charge in [-0.3, -0.25) is 0 Å². The van der Waals surface area contributed by atoms with Crippen LogP contribution in [0.2, 0.25) is 0 Å². The van der Waals surface area contributed by atoms with Gasteiger partial charge in [0.15, 0.2) is 0 Å². The zero-order valence-electron chi connectivity index (χ0n) is 12.5. The van der Waals surface area contributed by atoms with Crippen LogP contribution in [0, 0.1) is 18.8 Å². The van der Waals surface area contributed by atoms with E-state index in [0.29, 0.717) is 5.56 Å². The number of hydrogen-bond acceptors (Lipinski definition) is 3. The molecule has 23 heavy (non-hydrogen) atoms. The summed E-state index contributed by atoms with van der Waals surface area (Å²) < 4.78 is 25.9. The second-order valence-corrected chi connectivity index (χ2v) is 6.83. The lowest BCUT2D eigenvalue weighted by molar-refractivity contribution is 0.580. The summed E-state index contributed by atoms with van der Waals surface area (Å²) in [4.78, 5) is 0.203. The first kappa shape index (κ1) is 15.1. The molecule has 4 nitrogen and oxygen atoms in total. The second-order valence-electron chi connectivity index (χ2n) is 5.04. The zero-order valence-corrected chi connectivity index (χ0v) is 13.3. The Bertz CT molecular complexity index is 977. The minimum absolute atomic E-state index is 0.203. The first-order valence-corrected chi connectivity index (χ1v) is 8.44. The molecule has 1 heterocycles. The van der Waals surface area contributed by atoms with Crippen molar-refractivity contribution in [1.29, 1.82) is 0 Å². The summed E-state index contributed by atoms with van der Waals surface area (Å²) in [5.41, 5.74) is 2.41. The molecule has 114 valence electrons. The first-order chi connectivity index (χ1) is 11.1. The Labute approximate surface area is 135 Å². The van der Waals surface area contributed by atoms with Crippen molar-refractivity contribution in [3.63, 3.8) is 0 Å². The average Bonchev–Trinajstić information content (AvgIpc) is 3.04. The maximum Gasteiger partial charge on any atom is 0.282 e. The molecule has 0 saturated heterocycles. The van der Waals surface area contributed by atoms with E-state index in [-0.39, 0.29) is 4.90 Å². The quantitative estimate of drug-likeness (QED) is 0.682. The van der Waals surface area contributed by atoms with Crippen LogP contribution >= 0.6 is 0 Å². The highest BCUT2D eigenvalue weighted by atomic mass is 32.2. The van der Waals surface area contributed by atoms with E-state index in [1.165, 1.54) is 12.4 Å². The molecule has 5 heteroatoms. The largest absolute Gasteiger partial charge is 0.282 e. The monoisotopic (exact) mass is 322 g/mol. The molecule has 0 spiro atoms. The number of hydrogen-bond donors (Lipinski definition) is 0. The molecule has 0 unspecified atom stereocenters. The van der Waals surface area contributed by atoms with Gasteiger partial charge < -0.3 is 0 Å². The summed E-state index contributed by atoms with van der Waals surface area (Å²) in [6.45, 7) is 1.90. The number of aromatic nitrogens is 2. The number of nitrogens with zero attached hydrogens (tertiary/aromatic N) is 2. The third-order valence-electron chi connectivity index (χ3n) is 3.25. The van der Waals surface area contributed by atoms with E-state index in [4.69, 9.17) is 0 Å². The highest BCUT2D eigenvalue weighted by Crippen LogP contribution is 2.14. The normalized spacial score (nSPS) is 10.8. The van der Waals surface area contributed by atoms with Crippen LogP contribution < -0.4 is 0 Å². The van der Waals surface area contributed by atoms with Gasteiger partial charge >= 0.3 is 0 Å². The molecular formula is C18H14N2O2S. The average molecular weight is 322 g/mol. The smallest absolute Gasteiger partial charge is 0.199 e. The SMILES string of the molecule is Cc1ccc(S(=O)(=O)n2cc(C#Cc3ccccc3)cn2)cc1. The van der Waals surface area contributed by atoms with Gasteiger partial charge in [0.05, 0.1) is 22.9 Å². The number of benzene rings is 2. The summed E-state index contributed by atoms with van der Waals surface area (Å²) >= 11 is 0. The minimum atomic E-state index is -3.68. The molecule has 0 atom stereocenters. The van der Waals surface area contributed by atoms with Crippen LogP contribution in [-0.4, -0.2) is 17.6 Å². The lowest BCUT2D eigenvalue weighted by Gasteiger charge is -2.03. The molecule has 0 saturated carbocycles. The van der Waals surface area contributed by atoms with E-state index < -0.39 is 10.0 Å². The zero-order chi connectivity index (χ0) is 16.3. The van der Waals surface area contributed by atoms with E-state index in [1.54, 1.807) is 24.3 Å². The van der Waals surface area contributed by atoms with Gasteiger partial charge in [-0.2, -0.15) is 17.6 Å². The van der Waals surface area contributed by atoms with Gasteiger partial charge in [-0.15, -0.1) is 0 Å². The van der Waals surface area contributed by atoms with E-state index in [2.05, 4.69) is 16.9 Å². The lowest BCUT2D eigenvalue weighted by Crippen LogP contribution is -2.13. The molecule has 0 bridgehead atoms. The summed E-state index contributed by atoms with van der Waals surface area (Å²) in [6, 6.07) is 16.1. The van der Waals surface area contributed by atoms with Gasteiger partial charge in [0.2, 0.25) is 0 Å². The Kier molecular flexibility index (Phi) is 4.00. The van der Waals surface area contributed by atoms with Crippen molar-refractivity contribution in [2.75, 3.05) is 0 Å². The van der Waals surface area contributed by atoms with Crippen molar-refractivity contribution in [3.8, 4) is 11.8 Å². The standard InChI is InChI=1S/C18H14N2O2S/c1-15-7-11-18(12-8-15)23(21,22)20-14-17(13-19-20)10-9-16-5-3-2-4-6-16/h2-8,11-14H,1H3. The van der Waals surface area contributed by atoms with Crippen LogP contribution in [0.5, 0.6) is 0 Å². The molecule has 0 aliphatic carbocycles. The lowest BCUT2D eigenvalue weighted by atomic mass is 10.2. The summed E-state index contributed by atoms with van der Waals surface area (Å²) in [6.07, 6.45) is 2.87. The van der Waals surface area contributed by atoms with Crippen molar-refractivity contribution in [3.05, 3.63) is 83.7 Å². The van der Waals surface area contributed by atoms with Crippen molar-refractivity contribution in [2.24, 2.45) is 0 Å². The number of rotatable bonds is 2. The van der Waals surface area contributed by atoms with Gasteiger partial charge in [0, 0.05) is 5.56 Å². The molecule has 0 amide bonds. The summed E-state index contributed by atoms with van der Waals surface area (Å²) in [5.74, 6) is 5.89. The fourth-order valence-electron chi connectivity index (χ4n) is 1.98. The minimum Gasteiger partial charge on any atom is -0.199 e. The van der Waals surface area contributed by atoms with Crippen LogP contribution in [0.15, 0.2) is 71.9 Å². The van der Waals surface area contributed by atoms with Crippen LogP contribution in [-0.2, 0) is 10.0 Å². The maximum absolute atomic E-state index is 12.5. The van der Waals surface area contributed by atoms with Gasteiger partial charge in [-0.05, 0) is 31.2 Å². The molecule has 0 fully saturated rings. The predicted molar refractivity (Wildman–Crippen MR) is 88.4 cm³/mol. The fourth-order valence-corrected chi connectivity index (χ4v) is 3.10. The maximum atomic E-state index is 12.5. The molecular weight excluding hydrogens is 308 g/mol. The van der Waals surface area contributed by atoms with E-state index >= 15 is 0 Å². The van der Waals surface area contributed by atoms with Gasteiger partial charge in [0.25, 0.3) is 10.0 Å².